The van der Waals surface area contributed by atoms with Crippen molar-refractivity contribution >= 4 is 46.3 Å². The van der Waals surface area contributed by atoms with E-state index in [1.165, 1.54) is 12.1 Å². The third kappa shape index (κ3) is 3.07. The minimum Gasteiger partial charge on any atom is -0.340 e. The van der Waals surface area contributed by atoms with Crippen molar-refractivity contribution in [2.24, 2.45) is 0 Å². The second-order valence-corrected chi connectivity index (χ2v) is 6.17. The number of aromatic nitrogens is 2. The topological polar surface area (TPSA) is 37.8 Å². The van der Waals surface area contributed by atoms with Gasteiger partial charge in [0, 0.05) is 17.2 Å². The summed E-state index contributed by atoms with van der Waals surface area (Å²) in [6.45, 7) is 1.81. The van der Waals surface area contributed by atoms with Gasteiger partial charge >= 0.3 is 0 Å². The van der Waals surface area contributed by atoms with E-state index < -0.39 is 5.82 Å². The van der Waals surface area contributed by atoms with Gasteiger partial charge in [0.25, 0.3) is 0 Å². The van der Waals surface area contributed by atoms with Gasteiger partial charge in [0.1, 0.15) is 16.8 Å². The maximum atomic E-state index is 13.4. The molecule has 1 aliphatic carbocycles. The van der Waals surface area contributed by atoms with E-state index in [1.54, 1.807) is 0 Å². The maximum absolute atomic E-state index is 13.4. The van der Waals surface area contributed by atoms with E-state index in [1.807, 2.05) is 6.92 Å². The van der Waals surface area contributed by atoms with Crippen molar-refractivity contribution in [1.82, 2.24) is 9.97 Å². The van der Waals surface area contributed by atoms with Crippen LogP contribution < -0.4 is 5.32 Å². The fourth-order valence-electron chi connectivity index (χ4n) is 1.92. The number of nitrogens with zero attached hydrogens (tertiary/aromatic N) is 2. The molecular weight excluding hydrogens is 336 g/mol. The van der Waals surface area contributed by atoms with Crippen molar-refractivity contribution in [1.29, 1.82) is 0 Å². The molecule has 2 aromatic rings. The molecule has 0 unspecified atom stereocenters. The van der Waals surface area contributed by atoms with E-state index in [0.717, 1.165) is 24.2 Å². The van der Waals surface area contributed by atoms with Crippen molar-refractivity contribution in [3.05, 3.63) is 44.5 Å². The molecule has 1 aromatic heterocycles. The van der Waals surface area contributed by atoms with Crippen LogP contribution >= 0.6 is 34.8 Å². The summed E-state index contributed by atoms with van der Waals surface area (Å²) in [4.78, 5) is 8.77. The predicted octanol–water partition coefficient (Wildman–Crippen LogP) is 5.51. The molecule has 3 nitrogen and oxygen atoms in total. The van der Waals surface area contributed by atoms with E-state index in [-0.39, 0.29) is 10.0 Å². The first kappa shape index (κ1) is 14.8. The molecule has 0 atom stereocenters. The van der Waals surface area contributed by atoms with Gasteiger partial charge in [-0.25, -0.2) is 14.4 Å². The van der Waals surface area contributed by atoms with Gasteiger partial charge < -0.3 is 5.32 Å². The van der Waals surface area contributed by atoms with E-state index in [9.17, 15) is 4.39 Å². The summed E-state index contributed by atoms with van der Waals surface area (Å²) in [5, 5.41) is 3.38. The molecule has 1 heterocycles. The zero-order chi connectivity index (χ0) is 15.1. The minimum atomic E-state index is -0.639. The zero-order valence-corrected chi connectivity index (χ0v) is 13.3. The summed E-state index contributed by atoms with van der Waals surface area (Å²) in [6.07, 6.45) is 2.15. The smallest absolute Gasteiger partial charge is 0.160 e. The van der Waals surface area contributed by atoms with Crippen LogP contribution in [0.15, 0.2) is 12.1 Å². The van der Waals surface area contributed by atoms with Gasteiger partial charge in [-0.3, -0.25) is 0 Å². The van der Waals surface area contributed by atoms with Crippen LogP contribution in [0, 0.1) is 12.7 Å². The minimum absolute atomic E-state index is 0.0507. The first-order valence-electron chi connectivity index (χ1n) is 6.41. The molecule has 0 saturated heterocycles. The van der Waals surface area contributed by atoms with Gasteiger partial charge in [-0.15, -0.1) is 0 Å². The Morgan fingerprint density at radius 1 is 1.14 bits per heavy atom. The van der Waals surface area contributed by atoms with Gasteiger partial charge in [0.2, 0.25) is 0 Å². The van der Waals surface area contributed by atoms with Crippen LogP contribution in [0.3, 0.4) is 0 Å². The lowest BCUT2D eigenvalue weighted by atomic mass is 10.2. The lowest BCUT2D eigenvalue weighted by Gasteiger charge is -2.12. The van der Waals surface area contributed by atoms with E-state index in [4.69, 9.17) is 34.8 Å². The van der Waals surface area contributed by atoms with E-state index in [2.05, 4.69) is 15.3 Å². The quantitative estimate of drug-likeness (QED) is 0.588. The number of anilines is 2. The molecule has 21 heavy (non-hydrogen) atoms. The van der Waals surface area contributed by atoms with E-state index >= 15 is 0 Å². The van der Waals surface area contributed by atoms with Crippen molar-refractivity contribution in [3.8, 4) is 0 Å². The Balaban J connectivity index is 1.97. The number of halogens is 4. The Labute approximate surface area is 136 Å². The van der Waals surface area contributed by atoms with Crippen LogP contribution in [-0.4, -0.2) is 9.97 Å². The molecule has 1 aromatic carbocycles. The van der Waals surface area contributed by atoms with Crippen molar-refractivity contribution in [2.75, 3.05) is 5.32 Å². The molecule has 0 radical (unpaired) electrons. The number of benzene rings is 1. The summed E-state index contributed by atoms with van der Waals surface area (Å²) in [6, 6.07) is 2.91. The molecule has 3 rings (SSSR count). The van der Waals surface area contributed by atoms with Crippen LogP contribution in [0.1, 0.15) is 30.1 Å². The molecule has 0 spiro atoms. The Bertz CT molecular complexity index is 694. The number of hydrogen-bond donors (Lipinski definition) is 1. The second-order valence-electron chi connectivity index (χ2n) is 5.00. The first-order chi connectivity index (χ1) is 9.95. The summed E-state index contributed by atoms with van der Waals surface area (Å²) in [7, 11) is 0. The number of rotatable bonds is 3. The molecule has 0 amide bonds. The fourth-order valence-corrected chi connectivity index (χ4v) is 2.58. The zero-order valence-electron chi connectivity index (χ0n) is 11.1. The average molecular weight is 347 g/mol. The Morgan fingerprint density at radius 2 is 1.76 bits per heavy atom. The average Bonchev–Trinajstić information content (AvgIpc) is 3.25. The van der Waals surface area contributed by atoms with Gasteiger partial charge in [-0.05, 0) is 31.9 Å². The highest BCUT2D eigenvalue weighted by Crippen LogP contribution is 2.40. The SMILES string of the molecule is Cc1c(Cl)nc(C2CC2)nc1Nc1cc(Cl)c(F)c(Cl)c1. The molecule has 110 valence electrons. The summed E-state index contributed by atoms with van der Waals surface area (Å²) >= 11 is 17.7. The second kappa shape index (κ2) is 5.59. The van der Waals surface area contributed by atoms with Gasteiger partial charge in [0.05, 0.1) is 10.0 Å². The summed E-state index contributed by atoms with van der Waals surface area (Å²) in [5.74, 6) is 1.05. The molecular formula is C14H11Cl3FN3. The third-order valence-corrected chi connectivity index (χ3v) is 4.21. The van der Waals surface area contributed by atoms with Crippen LogP contribution in [-0.2, 0) is 0 Å². The molecule has 0 aliphatic heterocycles. The van der Waals surface area contributed by atoms with E-state index in [0.29, 0.717) is 22.6 Å². The Kier molecular flexibility index (Phi) is 3.95. The molecule has 1 aliphatic rings. The summed E-state index contributed by atoms with van der Waals surface area (Å²) < 4.78 is 13.4. The van der Waals surface area contributed by atoms with Gasteiger partial charge in [0.15, 0.2) is 5.82 Å². The molecule has 0 bridgehead atoms. The third-order valence-electron chi connectivity index (χ3n) is 3.29. The first-order valence-corrected chi connectivity index (χ1v) is 7.54. The van der Waals surface area contributed by atoms with Crippen LogP contribution in [0.5, 0.6) is 0 Å². The fraction of sp³-hybridized carbons (Fsp3) is 0.286. The van der Waals surface area contributed by atoms with Crippen LogP contribution in [0.25, 0.3) is 0 Å². The monoisotopic (exact) mass is 345 g/mol. The molecule has 1 saturated carbocycles. The van der Waals surface area contributed by atoms with Gasteiger partial charge in [-0.2, -0.15) is 0 Å². The number of hydrogen-bond acceptors (Lipinski definition) is 3. The highest BCUT2D eigenvalue weighted by atomic mass is 35.5. The maximum Gasteiger partial charge on any atom is 0.160 e. The molecule has 1 N–H and O–H groups in total. The number of nitrogens with one attached hydrogen (secondary N) is 1. The summed E-state index contributed by atoms with van der Waals surface area (Å²) in [5.41, 5.74) is 1.27. The highest BCUT2D eigenvalue weighted by Gasteiger charge is 2.28. The van der Waals surface area contributed by atoms with Crippen LogP contribution in [0.2, 0.25) is 15.2 Å². The largest absolute Gasteiger partial charge is 0.340 e. The Morgan fingerprint density at radius 3 is 2.33 bits per heavy atom. The molecule has 1 fully saturated rings. The lowest BCUT2D eigenvalue weighted by Crippen LogP contribution is -2.03. The lowest BCUT2D eigenvalue weighted by molar-refractivity contribution is 0.629. The van der Waals surface area contributed by atoms with Crippen molar-refractivity contribution < 1.29 is 4.39 Å². The predicted molar refractivity (Wildman–Crippen MR) is 83.5 cm³/mol. The van der Waals surface area contributed by atoms with Crippen molar-refractivity contribution in [2.45, 2.75) is 25.7 Å². The van der Waals surface area contributed by atoms with Crippen molar-refractivity contribution in [3.63, 3.8) is 0 Å². The molecule has 7 heteroatoms. The van der Waals surface area contributed by atoms with Crippen LogP contribution in [0.4, 0.5) is 15.9 Å². The highest BCUT2D eigenvalue weighted by molar-refractivity contribution is 6.35. The normalized spacial score (nSPS) is 14.3. The van der Waals surface area contributed by atoms with Gasteiger partial charge in [-0.1, -0.05) is 34.8 Å². The standard InChI is InChI=1S/C14H11Cl3FN3/c1-6-12(17)20-14(7-2-3-7)21-13(6)19-8-4-9(15)11(18)10(16)5-8/h4-5,7H,2-3H2,1H3,(H,19,20,21). The Hall–Kier alpha value is -1.10.